The van der Waals surface area contributed by atoms with Crippen LogP contribution in [0.1, 0.15) is 52.5 Å². The molecule has 0 saturated heterocycles. The van der Waals surface area contributed by atoms with Crippen molar-refractivity contribution < 1.29 is 18.3 Å². The average Bonchev–Trinajstić information content (AvgIpc) is 2.46. The fourth-order valence-electron chi connectivity index (χ4n) is 2.17. The first-order chi connectivity index (χ1) is 11.0. The summed E-state index contributed by atoms with van der Waals surface area (Å²) in [6.45, 7) is 7.42. The lowest BCUT2D eigenvalue weighted by Gasteiger charge is -2.23. The predicted molar refractivity (Wildman–Crippen MR) is 94.6 cm³/mol. The van der Waals surface area contributed by atoms with Crippen LogP contribution in [-0.4, -0.2) is 28.4 Å². The summed E-state index contributed by atoms with van der Waals surface area (Å²) in [5.74, 6) is -0.168. The Morgan fingerprint density at radius 3 is 2.09 bits per heavy atom. The summed E-state index contributed by atoms with van der Waals surface area (Å²) in [6.07, 6.45) is 4.69. The second-order valence-electron chi connectivity index (χ2n) is 6.32. The van der Waals surface area contributed by atoms with Crippen LogP contribution < -0.4 is 0 Å². The van der Waals surface area contributed by atoms with Crippen molar-refractivity contribution in [1.82, 2.24) is 0 Å². The first kappa shape index (κ1) is 20.3. The maximum atomic E-state index is 12.8. The number of hydrogen-bond donors (Lipinski definition) is 0. The van der Waals surface area contributed by atoms with Gasteiger partial charge in [-0.15, -0.1) is 0 Å². The minimum Gasteiger partial charge on any atom is -0.379 e. The number of aryl methyl sites for hydroxylation is 1. The predicted octanol–water partition coefficient (Wildman–Crippen LogP) is 4.19. The maximum absolute atomic E-state index is 12.8. The molecule has 0 spiro atoms. The van der Waals surface area contributed by atoms with Gasteiger partial charge in [0.1, 0.15) is 5.82 Å². The zero-order valence-electron chi connectivity index (χ0n) is 14.9. The molecule has 0 fully saturated rings. The number of unbranched alkanes of at least 4 members (excludes halogenated alkanes) is 2. The molecule has 0 aliphatic carbocycles. The quantitative estimate of drug-likeness (QED) is 0.324. The lowest BCUT2D eigenvalue weighted by atomic mass is 10.1. The number of ether oxygens (including phenoxy) is 2. The zero-order valence-corrected chi connectivity index (χ0v) is 16.3. The number of benzene rings is 1. The molecule has 1 aromatic rings. The summed E-state index contributed by atoms with van der Waals surface area (Å²) in [4.78, 5) is 0. The molecule has 3 nitrogen and oxygen atoms in total. The van der Waals surface area contributed by atoms with Gasteiger partial charge in [-0.2, -0.15) is 0 Å². The van der Waals surface area contributed by atoms with E-state index in [4.69, 9.17) is 13.9 Å². The Morgan fingerprint density at radius 2 is 1.52 bits per heavy atom. The van der Waals surface area contributed by atoms with Gasteiger partial charge in [0.25, 0.3) is 6.48 Å². The van der Waals surface area contributed by atoms with Crippen LogP contribution in [0.5, 0.6) is 0 Å². The number of hydrogen-bond acceptors (Lipinski definition) is 3. The molecule has 132 valence electrons. The molecule has 1 aromatic carbocycles. The van der Waals surface area contributed by atoms with E-state index in [-0.39, 0.29) is 18.0 Å². The van der Waals surface area contributed by atoms with Gasteiger partial charge >= 0.3 is 0 Å². The third kappa shape index (κ3) is 10.6. The van der Waals surface area contributed by atoms with Gasteiger partial charge in [0.05, 0.1) is 12.2 Å². The standard InChI is InChI=1S/C18H31FO3Si/c1-14(2)20-18(21-15(3)4)22-23-13-7-5-6-8-16-9-11-17(19)12-10-16/h9-12,14-15,18H,5-8,13,23H2,1-4H3. The van der Waals surface area contributed by atoms with Crippen LogP contribution in [0.15, 0.2) is 24.3 Å². The zero-order chi connectivity index (χ0) is 17.1. The Morgan fingerprint density at radius 1 is 0.913 bits per heavy atom. The molecule has 5 heteroatoms. The van der Waals surface area contributed by atoms with Gasteiger partial charge < -0.3 is 13.9 Å². The Labute approximate surface area is 142 Å². The molecule has 1 rings (SSSR count). The second-order valence-corrected chi connectivity index (χ2v) is 7.77. The van der Waals surface area contributed by atoms with Crippen molar-refractivity contribution in [2.24, 2.45) is 0 Å². The van der Waals surface area contributed by atoms with E-state index >= 15 is 0 Å². The summed E-state index contributed by atoms with van der Waals surface area (Å²) in [5, 5.41) is 0. The van der Waals surface area contributed by atoms with Crippen LogP contribution in [0.25, 0.3) is 0 Å². The lowest BCUT2D eigenvalue weighted by Crippen LogP contribution is -2.28. The fourth-order valence-corrected chi connectivity index (χ4v) is 3.24. The molecule has 0 aliphatic rings. The van der Waals surface area contributed by atoms with Gasteiger partial charge in [0.2, 0.25) is 0 Å². The van der Waals surface area contributed by atoms with E-state index in [0.29, 0.717) is 0 Å². The van der Waals surface area contributed by atoms with Gasteiger partial charge in [-0.05, 0) is 64.3 Å². The van der Waals surface area contributed by atoms with Gasteiger partial charge in [-0.25, -0.2) is 4.39 Å². The van der Waals surface area contributed by atoms with E-state index < -0.39 is 16.2 Å². The maximum Gasteiger partial charge on any atom is 0.262 e. The normalized spacial score (nSPS) is 12.3. The van der Waals surface area contributed by atoms with Crippen LogP contribution in [0.2, 0.25) is 6.04 Å². The summed E-state index contributed by atoms with van der Waals surface area (Å²) in [5.41, 5.74) is 1.20. The minimum atomic E-state index is -0.618. The summed E-state index contributed by atoms with van der Waals surface area (Å²) >= 11 is 0. The van der Waals surface area contributed by atoms with Crippen LogP contribution in [-0.2, 0) is 20.3 Å². The number of halogens is 1. The van der Waals surface area contributed by atoms with E-state index in [1.54, 1.807) is 0 Å². The molecular weight excluding hydrogens is 311 g/mol. The summed E-state index contributed by atoms with van der Waals surface area (Å²) in [7, 11) is -0.618. The van der Waals surface area contributed by atoms with Crippen LogP contribution in [0, 0.1) is 5.82 Å². The molecule has 0 aliphatic heterocycles. The van der Waals surface area contributed by atoms with Crippen molar-refractivity contribution in [3.05, 3.63) is 35.6 Å². The van der Waals surface area contributed by atoms with Gasteiger partial charge in [0.15, 0.2) is 9.76 Å². The average molecular weight is 343 g/mol. The van der Waals surface area contributed by atoms with E-state index in [1.807, 2.05) is 39.8 Å². The lowest BCUT2D eigenvalue weighted by molar-refractivity contribution is -0.275. The molecule has 0 N–H and O–H groups in total. The van der Waals surface area contributed by atoms with E-state index in [1.165, 1.54) is 30.5 Å². The van der Waals surface area contributed by atoms with E-state index in [0.717, 1.165) is 18.9 Å². The SMILES string of the molecule is CC(C)OC(O[SiH2]CCCCCc1ccc(F)cc1)OC(C)C. The molecule has 0 amide bonds. The van der Waals surface area contributed by atoms with Crippen molar-refractivity contribution in [1.29, 1.82) is 0 Å². The van der Waals surface area contributed by atoms with Crippen molar-refractivity contribution in [3.8, 4) is 0 Å². The van der Waals surface area contributed by atoms with Crippen molar-refractivity contribution >= 4 is 9.76 Å². The molecule has 23 heavy (non-hydrogen) atoms. The molecule has 0 atom stereocenters. The molecule has 0 bridgehead atoms. The molecular formula is C18H31FO3Si. The van der Waals surface area contributed by atoms with Crippen molar-refractivity contribution in [3.63, 3.8) is 0 Å². The van der Waals surface area contributed by atoms with Gasteiger partial charge in [-0.3, -0.25) is 0 Å². The van der Waals surface area contributed by atoms with Crippen molar-refractivity contribution in [2.75, 3.05) is 0 Å². The van der Waals surface area contributed by atoms with E-state index in [9.17, 15) is 4.39 Å². The Bertz CT molecular complexity index is 399. The third-order valence-corrected chi connectivity index (χ3v) is 4.59. The fraction of sp³-hybridized carbons (Fsp3) is 0.667. The summed E-state index contributed by atoms with van der Waals surface area (Å²) < 4.78 is 29.8. The minimum absolute atomic E-state index is 0.100. The van der Waals surface area contributed by atoms with Crippen molar-refractivity contribution in [2.45, 2.75) is 78.1 Å². The highest BCUT2D eigenvalue weighted by Gasteiger charge is 2.13. The third-order valence-electron chi connectivity index (χ3n) is 3.29. The summed E-state index contributed by atoms with van der Waals surface area (Å²) in [6, 6.07) is 7.91. The molecule has 0 radical (unpaired) electrons. The van der Waals surface area contributed by atoms with Crippen LogP contribution in [0.4, 0.5) is 4.39 Å². The molecule has 0 saturated carbocycles. The monoisotopic (exact) mass is 342 g/mol. The molecule has 0 unspecified atom stereocenters. The Hall–Kier alpha value is -0.753. The Kier molecular flexibility index (Phi) is 10.4. The second kappa shape index (κ2) is 11.7. The number of rotatable bonds is 12. The van der Waals surface area contributed by atoms with Gasteiger partial charge in [0, 0.05) is 0 Å². The molecule has 0 heterocycles. The first-order valence-corrected chi connectivity index (χ1v) is 10.2. The van der Waals surface area contributed by atoms with Crippen LogP contribution >= 0.6 is 0 Å². The highest BCUT2D eigenvalue weighted by atomic mass is 28.2. The highest BCUT2D eigenvalue weighted by Crippen LogP contribution is 2.10. The highest BCUT2D eigenvalue weighted by molar-refractivity contribution is 6.27. The Balaban J connectivity index is 2.07. The first-order valence-electron chi connectivity index (χ1n) is 8.64. The molecule has 0 aromatic heterocycles. The van der Waals surface area contributed by atoms with E-state index in [2.05, 4.69) is 0 Å². The smallest absolute Gasteiger partial charge is 0.262 e. The topological polar surface area (TPSA) is 27.7 Å². The van der Waals surface area contributed by atoms with Crippen LogP contribution in [0.3, 0.4) is 0 Å². The van der Waals surface area contributed by atoms with Gasteiger partial charge in [-0.1, -0.05) is 25.0 Å². The largest absolute Gasteiger partial charge is 0.379 e.